The van der Waals surface area contributed by atoms with E-state index in [9.17, 15) is 4.79 Å². The zero-order valence-electron chi connectivity index (χ0n) is 8.44. The van der Waals surface area contributed by atoms with Crippen LogP contribution in [0, 0.1) is 11.3 Å². The monoisotopic (exact) mass is 283 g/mol. The Balaban J connectivity index is 2.21. The van der Waals surface area contributed by atoms with Crippen LogP contribution in [0.5, 0.6) is 0 Å². The topological polar surface area (TPSA) is 69.3 Å². The SMILES string of the molecule is N#CC1CNCCN1C(=O)c1ccoc1Br. The summed E-state index contributed by atoms with van der Waals surface area (Å²) in [7, 11) is 0. The Morgan fingerprint density at radius 1 is 1.75 bits per heavy atom. The summed E-state index contributed by atoms with van der Waals surface area (Å²) < 4.78 is 5.43. The van der Waals surface area contributed by atoms with Gasteiger partial charge in [0.2, 0.25) is 0 Å². The van der Waals surface area contributed by atoms with Crippen molar-refractivity contribution in [3.63, 3.8) is 0 Å². The maximum absolute atomic E-state index is 12.1. The quantitative estimate of drug-likeness (QED) is 0.834. The van der Waals surface area contributed by atoms with Gasteiger partial charge in [0.15, 0.2) is 4.67 Å². The van der Waals surface area contributed by atoms with Gasteiger partial charge in [-0.25, -0.2) is 0 Å². The number of hydrogen-bond donors (Lipinski definition) is 1. The molecule has 1 aromatic rings. The summed E-state index contributed by atoms with van der Waals surface area (Å²) in [5, 5.41) is 12.0. The molecule has 1 aliphatic heterocycles. The van der Waals surface area contributed by atoms with E-state index in [4.69, 9.17) is 9.68 Å². The van der Waals surface area contributed by atoms with Crippen LogP contribution < -0.4 is 5.32 Å². The molecular weight excluding hydrogens is 274 g/mol. The van der Waals surface area contributed by atoms with Gasteiger partial charge in [-0.3, -0.25) is 4.79 Å². The molecular formula is C10H10BrN3O2. The molecule has 5 nitrogen and oxygen atoms in total. The number of nitrogens with one attached hydrogen (secondary N) is 1. The van der Waals surface area contributed by atoms with Crippen LogP contribution in [0.4, 0.5) is 0 Å². The van der Waals surface area contributed by atoms with E-state index in [1.807, 2.05) is 0 Å². The Hall–Kier alpha value is -1.32. The van der Waals surface area contributed by atoms with Crippen molar-refractivity contribution in [2.24, 2.45) is 0 Å². The minimum Gasteiger partial charge on any atom is -0.457 e. The second-order valence-electron chi connectivity index (χ2n) is 3.46. The van der Waals surface area contributed by atoms with Gasteiger partial charge in [0, 0.05) is 19.6 Å². The third-order valence-corrected chi connectivity index (χ3v) is 3.12. The summed E-state index contributed by atoms with van der Waals surface area (Å²) >= 11 is 3.16. The molecule has 2 heterocycles. The minimum atomic E-state index is -0.414. The fraction of sp³-hybridized carbons (Fsp3) is 0.400. The van der Waals surface area contributed by atoms with Crippen molar-refractivity contribution in [2.45, 2.75) is 6.04 Å². The minimum absolute atomic E-state index is 0.173. The van der Waals surface area contributed by atoms with Crippen molar-refractivity contribution in [3.8, 4) is 6.07 Å². The number of hydrogen-bond acceptors (Lipinski definition) is 4. The molecule has 1 amide bonds. The van der Waals surface area contributed by atoms with Gasteiger partial charge in [0.05, 0.1) is 17.9 Å². The fourth-order valence-corrected chi connectivity index (χ4v) is 2.07. The second-order valence-corrected chi connectivity index (χ2v) is 4.18. The van der Waals surface area contributed by atoms with Crippen LogP contribution >= 0.6 is 15.9 Å². The Kier molecular flexibility index (Phi) is 3.27. The smallest absolute Gasteiger partial charge is 0.259 e. The highest BCUT2D eigenvalue weighted by Gasteiger charge is 2.28. The van der Waals surface area contributed by atoms with E-state index >= 15 is 0 Å². The molecule has 0 bridgehead atoms. The molecule has 0 aromatic carbocycles. The lowest BCUT2D eigenvalue weighted by molar-refractivity contribution is 0.0685. The predicted octanol–water partition coefficient (Wildman–Crippen LogP) is 0.980. The summed E-state index contributed by atoms with van der Waals surface area (Å²) in [4.78, 5) is 13.7. The van der Waals surface area contributed by atoms with Crippen molar-refractivity contribution < 1.29 is 9.21 Å². The number of amides is 1. The lowest BCUT2D eigenvalue weighted by Gasteiger charge is -2.31. The fourth-order valence-electron chi connectivity index (χ4n) is 1.66. The van der Waals surface area contributed by atoms with E-state index in [1.165, 1.54) is 6.26 Å². The van der Waals surface area contributed by atoms with Gasteiger partial charge in [0.25, 0.3) is 5.91 Å². The van der Waals surface area contributed by atoms with Gasteiger partial charge in [-0.1, -0.05) is 0 Å². The first kappa shape index (κ1) is 11.2. The maximum atomic E-state index is 12.1. The van der Waals surface area contributed by atoms with Crippen LogP contribution in [0.2, 0.25) is 0 Å². The normalized spacial score (nSPS) is 20.5. The van der Waals surface area contributed by atoms with Gasteiger partial charge in [-0.15, -0.1) is 0 Å². The zero-order valence-corrected chi connectivity index (χ0v) is 10.0. The van der Waals surface area contributed by atoms with Crippen molar-refractivity contribution in [1.82, 2.24) is 10.2 Å². The molecule has 1 fully saturated rings. The van der Waals surface area contributed by atoms with Crippen molar-refractivity contribution in [2.75, 3.05) is 19.6 Å². The van der Waals surface area contributed by atoms with E-state index in [1.54, 1.807) is 11.0 Å². The Bertz CT molecular complexity index is 438. The highest BCUT2D eigenvalue weighted by molar-refractivity contribution is 9.10. The molecule has 0 radical (unpaired) electrons. The van der Waals surface area contributed by atoms with E-state index in [0.29, 0.717) is 29.9 Å². The van der Waals surface area contributed by atoms with Crippen molar-refractivity contribution in [1.29, 1.82) is 5.26 Å². The Morgan fingerprint density at radius 3 is 3.19 bits per heavy atom. The summed E-state index contributed by atoms with van der Waals surface area (Å²) in [5.74, 6) is -0.173. The lowest BCUT2D eigenvalue weighted by Crippen LogP contribution is -2.53. The van der Waals surface area contributed by atoms with Crippen LogP contribution in [0.25, 0.3) is 0 Å². The molecule has 1 aromatic heterocycles. The molecule has 6 heteroatoms. The molecule has 0 spiro atoms. The molecule has 84 valence electrons. The number of carbonyl (C=O) groups is 1. The molecule has 1 aliphatic rings. The van der Waals surface area contributed by atoms with Gasteiger partial charge in [-0.05, 0) is 22.0 Å². The second kappa shape index (κ2) is 4.68. The molecule has 0 aliphatic carbocycles. The van der Waals surface area contributed by atoms with Gasteiger partial charge >= 0.3 is 0 Å². The molecule has 2 rings (SSSR count). The van der Waals surface area contributed by atoms with Crippen LogP contribution in [0.3, 0.4) is 0 Å². The van der Waals surface area contributed by atoms with Crippen LogP contribution in [0.15, 0.2) is 21.4 Å². The number of furan rings is 1. The molecule has 1 atom stereocenters. The first-order valence-corrected chi connectivity index (χ1v) is 5.67. The summed E-state index contributed by atoms with van der Waals surface area (Å²) in [6, 6.07) is 3.30. The molecule has 1 saturated heterocycles. The average molecular weight is 284 g/mol. The van der Waals surface area contributed by atoms with Crippen molar-refractivity contribution in [3.05, 3.63) is 22.6 Å². The summed E-state index contributed by atoms with van der Waals surface area (Å²) in [5.41, 5.74) is 0.460. The highest BCUT2D eigenvalue weighted by atomic mass is 79.9. The van der Waals surface area contributed by atoms with E-state index < -0.39 is 6.04 Å². The highest BCUT2D eigenvalue weighted by Crippen LogP contribution is 2.20. The predicted molar refractivity (Wildman–Crippen MR) is 59.7 cm³/mol. The van der Waals surface area contributed by atoms with Crippen LogP contribution in [-0.4, -0.2) is 36.5 Å². The Labute approximate surface area is 101 Å². The number of halogens is 1. The Morgan fingerprint density at radius 2 is 2.56 bits per heavy atom. The van der Waals surface area contributed by atoms with E-state index in [0.717, 1.165) is 0 Å². The summed E-state index contributed by atoms with van der Waals surface area (Å²) in [6.45, 7) is 1.76. The third kappa shape index (κ3) is 1.96. The van der Waals surface area contributed by atoms with Gasteiger partial charge in [0.1, 0.15) is 6.04 Å². The first-order chi connectivity index (χ1) is 7.74. The molecule has 0 saturated carbocycles. The lowest BCUT2D eigenvalue weighted by atomic mass is 10.2. The van der Waals surface area contributed by atoms with Crippen LogP contribution in [0.1, 0.15) is 10.4 Å². The standard InChI is InChI=1S/C10H10BrN3O2/c11-9-8(1-4-16-9)10(15)14-3-2-13-6-7(14)5-12/h1,4,7,13H,2-3,6H2. The van der Waals surface area contributed by atoms with Gasteiger partial charge < -0.3 is 14.6 Å². The number of carbonyl (C=O) groups excluding carboxylic acids is 1. The molecule has 16 heavy (non-hydrogen) atoms. The van der Waals surface area contributed by atoms with Crippen molar-refractivity contribution >= 4 is 21.8 Å². The molecule has 1 unspecified atom stereocenters. The average Bonchev–Trinajstić information content (AvgIpc) is 2.74. The molecule has 1 N–H and O–H groups in total. The van der Waals surface area contributed by atoms with Gasteiger partial charge in [-0.2, -0.15) is 5.26 Å². The number of piperazine rings is 1. The maximum Gasteiger partial charge on any atom is 0.259 e. The number of rotatable bonds is 1. The summed E-state index contributed by atoms with van der Waals surface area (Å²) in [6.07, 6.45) is 1.45. The first-order valence-electron chi connectivity index (χ1n) is 4.88. The largest absolute Gasteiger partial charge is 0.457 e. The third-order valence-electron chi connectivity index (χ3n) is 2.50. The zero-order chi connectivity index (χ0) is 11.5. The van der Waals surface area contributed by atoms with Crippen LogP contribution in [-0.2, 0) is 0 Å². The number of nitrogens with zero attached hydrogens (tertiary/aromatic N) is 2. The van der Waals surface area contributed by atoms with E-state index in [2.05, 4.69) is 27.3 Å². The van der Waals surface area contributed by atoms with E-state index in [-0.39, 0.29) is 5.91 Å². The number of nitriles is 1.